The van der Waals surface area contributed by atoms with Crippen molar-refractivity contribution in [2.45, 2.75) is 46.0 Å². The molecule has 0 bridgehead atoms. The highest BCUT2D eigenvalue weighted by Crippen LogP contribution is 2.29. The molecular weight excluding hydrogens is 250 g/mol. The zero-order valence-electron chi connectivity index (χ0n) is 13.2. The second-order valence-corrected chi connectivity index (χ2v) is 6.74. The second kappa shape index (κ2) is 7.41. The van der Waals surface area contributed by atoms with Gasteiger partial charge in [-0.1, -0.05) is 20.3 Å². The summed E-state index contributed by atoms with van der Waals surface area (Å²) in [6.07, 6.45) is 5.98. The van der Waals surface area contributed by atoms with Crippen LogP contribution in [0.25, 0.3) is 0 Å². The molecule has 4 nitrogen and oxygen atoms in total. The number of amides is 1. The Morgan fingerprint density at radius 2 is 2.10 bits per heavy atom. The summed E-state index contributed by atoms with van der Waals surface area (Å²) < 4.78 is 0. The molecule has 2 fully saturated rings. The van der Waals surface area contributed by atoms with Crippen LogP contribution in [0.4, 0.5) is 0 Å². The van der Waals surface area contributed by atoms with E-state index < -0.39 is 0 Å². The molecule has 0 saturated carbocycles. The number of nitrogens with zero attached hydrogens (tertiary/aromatic N) is 1. The molecule has 2 heterocycles. The third kappa shape index (κ3) is 3.95. The Morgan fingerprint density at radius 1 is 1.35 bits per heavy atom. The van der Waals surface area contributed by atoms with Gasteiger partial charge in [0.25, 0.3) is 0 Å². The van der Waals surface area contributed by atoms with Crippen LogP contribution in [0.5, 0.6) is 0 Å². The van der Waals surface area contributed by atoms with Gasteiger partial charge in [-0.25, -0.2) is 0 Å². The molecule has 0 aromatic rings. The molecule has 116 valence electrons. The van der Waals surface area contributed by atoms with Crippen LogP contribution < -0.4 is 10.6 Å². The van der Waals surface area contributed by atoms with Crippen molar-refractivity contribution in [3.05, 3.63) is 0 Å². The molecule has 2 atom stereocenters. The van der Waals surface area contributed by atoms with Crippen LogP contribution in [0.3, 0.4) is 0 Å². The lowest BCUT2D eigenvalue weighted by atomic mass is 9.83. The molecule has 2 saturated heterocycles. The van der Waals surface area contributed by atoms with E-state index in [-0.39, 0.29) is 11.3 Å². The molecular formula is C16H31N3O. The van der Waals surface area contributed by atoms with E-state index in [4.69, 9.17) is 0 Å². The summed E-state index contributed by atoms with van der Waals surface area (Å²) in [4.78, 5) is 15.0. The van der Waals surface area contributed by atoms with Gasteiger partial charge in [-0.2, -0.15) is 0 Å². The monoisotopic (exact) mass is 281 g/mol. The normalized spacial score (nSPS) is 29.3. The molecule has 4 heteroatoms. The Hall–Kier alpha value is -0.610. The summed E-state index contributed by atoms with van der Waals surface area (Å²) in [6, 6.07) is 0. The highest BCUT2D eigenvalue weighted by molar-refractivity contribution is 5.83. The van der Waals surface area contributed by atoms with E-state index in [1.165, 1.54) is 32.4 Å². The molecule has 1 amide bonds. The third-order valence-electron chi connectivity index (χ3n) is 5.03. The number of carbonyl (C=O) groups excluding carboxylic acids is 1. The molecule has 0 aliphatic carbocycles. The largest absolute Gasteiger partial charge is 0.355 e. The molecule has 2 unspecified atom stereocenters. The molecule has 20 heavy (non-hydrogen) atoms. The van der Waals surface area contributed by atoms with Crippen LogP contribution in [0, 0.1) is 11.3 Å². The van der Waals surface area contributed by atoms with Gasteiger partial charge >= 0.3 is 0 Å². The predicted octanol–water partition coefficient (Wildman–Crippen LogP) is 1.61. The molecule has 0 aromatic heterocycles. The quantitative estimate of drug-likeness (QED) is 0.777. The standard InChI is InChI=1S/C16H31N3O/c1-3-16(7-8-17-13-16)15(20)18-11-14(2)12-19-9-5-4-6-10-19/h14,17H,3-13H2,1-2H3,(H,18,20). The van der Waals surface area contributed by atoms with Crippen molar-refractivity contribution in [2.24, 2.45) is 11.3 Å². The maximum Gasteiger partial charge on any atom is 0.227 e. The van der Waals surface area contributed by atoms with E-state index in [1.54, 1.807) is 0 Å². The maximum atomic E-state index is 12.4. The molecule has 2 aliphatic rings. The van der Waals surface area contributed by atoms with Crippen LogP contribution >= 0.6 is 0 Å². The fourth-order valence-electron chi connectivity index (χ4n) is 3.50. The van der Waals surface area contributed by atoms with Crippen molar-refractivity contribution in [3.63, 3.8) is 0 Å². The van der Waals surface area contributed by atoms with Crippen LogP contribution in [0.15, 0.2) is 0 Å². The molecule has 2 aliphatic heterocycles. The van der Waals surface area contributed by atoms with Gasteiger partial charge in [0.2, 0.25) is 5.91 Å². The fraction of sp³-hybridized carbons (Fsp3) is 0.938. The minimum Gasteiger partial charge on any atom is -0.355 e. The summed E-state index contributed by atoms with van der Waals surface area (Å²) in [5.41, 5.74) is -0.148. The average molecular weight is 281 g/mol. The second-order valence-electron chi connectivity index (χ2n) is 6.74. The number of nitrogens with one attached hydrogen (secondary N) is 2. The number of hydrogen-bond donors (Lipinski definition) is 2. The van der Waals surface area contributed by atoms with Crippen LogP contribution in [-0.2, 0) is 4.79 Å². The first-order valence-electron chi connectivity index (χ1n) is 8.38. The van der Waals surface area contributed by atoms with E-state index in [0.29, 0.717) is 5.92 Å². The number of carbonyl (C=O) groups is 1. The van der Waals surface area contributed by atoms with Crippen LogP contribution in [0.2, 0.25) is 0 Å². The Bertz CT molecular complexity index is 307. The molecule has 0 spiro atoms. The van der Waals surface area contributed by atoms with Gasteiger partial charge in [0.1, 0.15) is 0 Å². The van der Waals surface area contributed by atoms with Gasteiger partial charge in [-0.3, -0.25) is 4.79 Å². The number of piperidine rings is 1. The summed E-state index contributed by atoms with van der Waals surface area (Å²) >= 11 is 0. The smallest absolute Gasteiger partial charge is 0.227 e. The maximum absolute atomic E-state index is 12.4. The minimum atomic E-state index is -0.148. The van der Waals surface area contributed by atoms with Gasteiger partial charge in [0, 0.05) is 19.6 Å². The Labute approximate surface area is 123 Å². The first-order chi connectivity index (χ1) is 9.66. The van der Waals surface area contributed by atoms with E-state index in [9.17, 15) is 4.79 Å². The van der Waals surface area contributed by atoms with Crippen molar-refractivity contribution < 1.29 is 4.79 Å². The Balaban J connectivity index is 1.72. The van der Waals surface area contributed by atoms with Gasteiger partial charge in [0.05, 0.1) is 5.41 Å². The molecule has 2 N–H and O–H groups in total. The fourth-order valence-corrected chi connectivity index (χ4v) is 3.50. The van der Waals surface area contributed by atoms with Gasteiger partial charge in [0.15, 0.2) is 0 Å². The number of likely N-dealkylation sites (tertiary alicyclic amines) is 1. The molecule has 0 radical (unpaired) electrons. The van der Waals surface area contributed by atoms with E-state index in [1.807, 2.05) is 0 Å². The van der Waals surface area contributed by atoms with Crippen molar-refractivity contribution in [1.29, 1.82) is 0 Å². The summed E-state index contributed by atoms with van der Waals surface area (Å²) in [5.74, 6) is 0.802. The van der Waals surface area contributed by atoms with Crippen molar-refractivity contribution in [1.82, 2.24) is 15.5 Å². The van der Waals surface area contributed by atoms with Gasteiger partial charge < -0.3 is 15.5 Å². The first kappa shape index (κ1) is 15.8. The zero-order chi connectivity index (χ0) is 14.4. The average Bonchev–Trinajstić information content (AvgIpc) is 2.96. The van der Waals surface area contributed by atoms with Crippen molar-refractivity contribution in [2.75, 3.05) is 39.3 Å². The van der Waals surface area contributed by atoms with Gasteiger partial charge in [-0.05, 0) is 51.2 Å². The summed E-state index contributed by atoms with van der Waals surface area (Å²) in [5, 5.41) is 6.53. The minimum absolute atomic E-state index is 0.148. The van der Waals surface area contributed by atoms with Crippen molar-refractivity contribution in [3.8, 4) is 0 Å². The van der Waals surface area contributed by atoms with Crippen molar-refractivity contribution >= 4 is 5.91 Å². The van der Waals surface area contributed by atoms with Gasteiger partial charge in [-0.15, -0.1) is 0 Å². The van der Waals surface area contributed by atoms with E-state index in [0.717, 1.165) is 39.0 Å². The lowest BCUT2D eigenvalue weighted by molar-refractivity contribution is -0.130. The third-order valence-corrected chi connectivity index (χ3v) is 5.03. The lowest BCUT2D eigenvalue weighted by Gasteiger charge is -2.30. The number of rotatable bonds is 6. The first-order valence-corrected chi connectivity index (χ1v) is 8.38. The molecule has 2 rings (SSSR count). The van der Waals surface area contributed by atoms with E-state index in [2.05, 4.69) is 29.4 Å². The Morgan fingerprint density at radius 3 is 2.70 bits per heavy atom. The van der Waals surface area contributed by atoms with E-state index >= 15 is 0 Å². The topological polar surface area (TPSA) is 44.4 Å². The SMILES string of the molecule is CCC1(C(=O)NCC(C)CN2CCCCC2)CCNC1. The Kier molecular flexibility index (Phi) is 5.85. The van der Waals surface area contributed by atoms with Crippen LogP contribution in [0.1, 0.15) is 46.0 Å². The highest BCUT2D eigenvalue weighted by atomic mass is 16.2. The summed E-state index contributed by atoms with van der Waals surface area (Å²) in [7, 11) is 0. The number of hydrogen-bond acceptors (Lipinski definition) is 3. The zero-order valence-corrected chi connectivity index (χ0v) is 13.2. The summed E-state index contributed by atoms with van der Waals surface area (Å²) in [6.45, 7) is 10.6. The van der Waals surface area contributed by atoms with Crippen LogP contribution in [-0.4, -0.2) is 50.1 Å². The molecule has 0 aromatic carbocycles. The lowest BCUT2D eigenvalue weighted by Crippen LogP contribution is -2.45. The highest BCUT2D eigenvalue weighted by Gasteiger charge is 2.39. The predicted molar refractivity (Wildman–Crippen MR) is 82.7 cm³/mol.